The third-order valence-corrected chi connectivity index (χ3v) is 3.70. The summed E-state index contributed by atoms with van der Waals surface area (Å²) in [5.74, 6) is -1.81. The van der Waals surface area contributed by atoms with Gasteiger partial charge in [-0.15, -0.1) is 0 Å². The fraction of sp³-hybridized carbons (Fsp3) is 0.125. The number of hydrogen-bond donors (Lipinski definition) is 2. The normalized spacial score (nSPS) is 11.1. The van der Waals surface area contributed by atoms with E-state index in [-0.39, 0.29) is 21.4 Å². The van der Waals surface area contributed by atoms with E-state index in [4.69, 9.17) is 33.7 Å². The molecule has 2 aromatic rings. The van der Waals surface area contributed by atoms with Crippen molar-refractivity contribution in [2.45, 2.75) is 6.18 Å². The summed E-state index contributed by atoms with van der Waals surface area (Å²) in [6.45, 7) is -0.691. The Bertz CT molecular complexity index is 857. The van der Waals surface area contributed by atoms with Crippen LogP contribution in [0.5, 0.6) is 5.75 Å². The smallest absolute Gasteiger partial charge is 0.418 e. The third kappa shape index (κ3) is 4.80. The molecule has 0 radical (unpaired) electrons. The zero-order valence-corrected chi connectivity index (χ0v) is 14.4. The van der Waals surface area contributed by atoms with Crippen molar-refractivity contribution in [1.29, 1.82) is 0 Å². The van der Waals surface area contributed by atoms with Crippen LogP contribution in [0.1, 0.15) is 15.9 Å². The van der Waals surface area contributed by atoms with Gasteiger partial charge in [-0.3, -0.25) is 9.59 Å². The Kier molecular flexibility index (Phi) is 5.99. The second-order valence-corrected chi connectivity index (χ2v) is 5.85. The number of primary amides is 1. The lowest BCUT2D eigenvalue weighted by molar-refractivity contribution is -0.137. The third-order valence-electron chi connectivity index (χ3n) is 3.15. The molecule has 3 N–H and O–H groups in total. The molecule has 0 aliphatic carbocycles. The standard InChI is InChI=1S/C16H11Cl2F3N2O3/c17-8-4-5-9(15(22)25)12(6-8)26-7-13(24)23-14-10(16(19,20)21)2-1-3-11(14)18/h1-6H,7H2,(H2,22,25)(H,23,24). The fourth-order valence-electron chi connectivity index (χ4n) is 2.03. The molecule has 5 nitrogen and oxygen atoms in total. The lowest BCUT2D eigenvalue weighted by Gasteiger charge is -2.15. The number of nitrogens with two attached hydrogens (primary N) is 1. The van der Waals surface area contributed by atoms with Crippen molar-refractivity contribution in [3.63, 3.8) is 0 Å². The van der Waals surface area contributed by atoms with E-state index in [0.29, 0.717) is 0 Å². The Morgan fingerprint density at radius 2 is 1.85 bits per heavy atom. The summed E-state index contributed by atoms with van der Waals surface area (Å²) in [6.07, 6.45) is -4.71. The van der Waals surface area contributed by atoms with E-state index in [1.165, 1.54) is 24.3 Å². The van der Waals surface area contributed by atoms with Gasteiger partial charge in [0.05, 0.1) is 21.8 Å². The average Bonchev–Trinajstić information content (AvgIpc) is 2.53. The number of benzene rings is 2. The predicted molar refractivity (Wildman–Crippen MR) is 90.5 cm³/mol. The molecule has 0 atom stereocenters. The zero-order chi connectivity index (χ0) is 19.5. The van der Waals surface area contributed by atoms with Gasteiger partial charge in [-0.1, -0.05) is 29.3 Å². The SMILES string of the molecule is NC(=O)c1ccc(Cl)cc1OCC(=O)Nc1c(Cl)cccc1C(F)(F)F. The summed E-state index contributed by atoms with van der Waals surface area (Å²) in [5.41, 5.74) is 3.46. The van der Waals surface area contributed by atoms with Crippen molar-refractivity contribution in [3.05, 3.63) is 57.6 Å². The molecule has 0 saturated carbocycles. The molecule has 0 bridgehead atoms. The van der Waals surface area contributed by atoms with Gasteiger partial charge in [0, 0.05) is 5.02 Å². The molecule has 26 heavy (non-hydrogen) atoms. The van der Waals surface area contributed by atoms with Crippen LogP contribution < -0.4 is 15.8 Å². The van der Waals surface area contributed by atoms with Gasteiger partial charge in [-0.05, 0) is 30.3 Å². The summed E-state index contributed by atoms with van der Waals surface area (Å²) in [6, 6.07) is 7.05. The van der Waals surface area contributed by atoms with Gasteiger partial charge < -0.3 is 15.8 Å². The van der Waals surface area contributed by atoms with Crippen molar-refractivity contribution in [2.75, 3.05) is 11.9 Å². The van der Waals surface area contributed by atoms with E-state index in [2.05, 4.69) is 5.32 Å². The fourth-order valence-corrected chi connectivity index (χ4v) is 2.41. The number of carbonyl (C=O) groups is 2. The summed E-state index contributed by atoms with van der Waals surface area (Å²) in [4.78, 5) is 23.3. The van der Waals surface area contributed by atoms with Crippen LogP contribution in [-0.2, 0) is 11.0 Å². The number of para-hydroxylation sites is 1. The average molecular weight is 407 g/mol. The van der Waals surface area contributed by atoms with Crippen molar-refractivity contribution in [2.24, 2.45) is 5.73 Å². The maximum atomic E-state index is 13.0. The van der Waals surface area contributed by atoms with E-state index in [1.807, 2.05) is 0 Å². The number of ether oxygens (including phenoxy) is 1. The number of hydrogen-bond acceptors (Lipinski definition) is 3. The molecule has 2 aromatic carbocycles. The number of halogens is 5. The van der Waals surface area contributed by atoms with E-state index in [9.17, 15) is 22.8 Å². The molecular formula is C16H11Cl2F3N2O3. The Morgan fingerprint density at radius 3 is 2.46 bits per heavy atom. The number of carbonyl (C=O) groups excluding carboxylic acids is 2. The van der Waals surface area contributed by atoms with Crippen LogP contribution in [-0.4, -0.2) is 18.4 Å². The van der Waals surface area contributed by atoms with Gasteiger partial charge in [0.1, 0.15) is 5.75 Å². The number of nitrogens with one attached hydrogen (secondary N) is 1. The van der Waals surface area contributed by atoms with Crippen molar-refractivity contribution < 1.29 is 27.5 Å². The first kappa shape index (κ1) is 19.9. The summed E-state index contributed by atoms with van der Waals surface area (Å²) < 4.78 is 44.2. The second kappa shape index (κ2) is 7.84. The highest BCUT2D eigenvalue weighted by Gasteiger charge is 2.34. The largest absolute Gasteiger partial charge is 0.483 e. The molecule has 0 aromatic heterocycles. The number of alkyl halides is 3. The monoisotopic (exact) mass is 406 g/mol. The van der Waals surface area contributed by atoms with Crippen molar-refractivity contribution >= 4 is 40.7 Å². The Morgan fingerprint density at radius 1 is 1.15 bits per heavy atom. The molecule has 0 saturated heterocycles. The summed E-state index contributed by atoms with van der Waals surface area (Å²) >= 11 is 11.5. The van der Waals surface area contributed by atoms with Gasteiger partial charge in [0.15, 0.2) is 6.61 Å². The van der Waals surface area contributed by atoms with E-state index < -0.39 is 35.8 Å². The van der Waals surface area contributed by atoms with Crippen LogP contribution in [0.2, 0.25) is 10.0 Å². The highest BCUT2D eigenvalue weighted by atomic mass is 35.5. The van der Waals surface area contributed by atoms with Crippen LogP contribution in [0.15, 0.2) is 36.4 Å². The molecular weight excluding hydrogens is 396 g/mol. The topological polar surface area (TPSA) is 81.4 Å². The molecule has 0 unspecified atom stereocenters. The molecule has 0 heterocycles. The Balaban J connectivity index is 2.17. The molecule has 138 valence electrons. The second-order valence-electron chi connectivity index (χ2n) is 5.00. The Hall–Kier alpha value is -2.45. The molecule has 2 amide bonds. The first-order valence-electron chi connectivity index (χ1n) is 6.97. The van der Waals surface area contributed by atoms with Gasteiger partial charge >= 0.3 is 6.18 Å². The molecule has 0 aliphatic rings. The number of amides is 2. The molecule has 0 aliphatic heterocycles. The first-order chi connectivity index (χ1) is 12.1. The Labute approximate surface area is 155 Å². The van der Waals surface area contributed by atoms with E-state index in [1.54, 1.807) is 0 Å². The number of rotatable bonds is 5. The maximum absolute atomic E-state index is 13.0. The van der Waals surface area contributed by atoms with E-state index in [0.717, 1.165) is 12.1 Å². The van der Waals surface area contributed by atoms with E-state index >= 15 is 0 Å². The van der Waals surface area contributed by atoms with Gasteiger partial charge in [0.25, 0.3) is 11.8 Å². The van der Waals surface area contributed by atoms with Crippen LogP contribution >= 0.6 is 23.2 Å². The molecule has 0 spiro atoms. The van der Waals surface area contributed by atoms with Gasteiger partial charge in [-0.25, -0.2) is 0 Å². The zero-order valence-electron chi connectivity index (χ0n) is 12.9. The number of anilines is 1. The van der Waals surface area contributed by atoms with Gasteiger partial charge in [-0.2, -0.15) is 13.2 Å². The quantitative estimate of drug-likeness (QED) is 0.782. The van der Waals surface area contributed by atoms with Crippen molar-refractivity contribution in [1.82, 2.24) is 0 Å². The van der Waals surface area contributed by atoms with Crippen LogP contribution in [0, 0.1) is 0 Å². The minimum Gasteiger partial charge on any atom is -0.483 e. The minimum atomic E-state index is -4.71. The first-order valence-corrected chi connectivity index (χ1v) is 7.73. The summed E-state index contributed by atoms with van der Waals surface area (Å²) in [7, 11) is 0. The molecule has 0 fully saturated rings. The van der Waals surface area contributed by atoms with Crippen LogP contribution in [0.4, 0.5) is 18.9 Å². The molecule has 10 heteroatoms. The lowest BCUT2D eigenvalue weighted by Crippen LogP contribution is -2.23. The predicted octanol–water partition coefficient (Wildman–Crippen LogP) is 4.13. The van der Waals surface area contributed by atoms with Gasteiger partial charge in [0.2, 0.25) is 0 Å². The van der Waals surface area contributed by atoms with Crippen molar-refractivity contribution in [3.8, 4) is 5.75 Å². The van der Waals surface area contributed by atoms with Crippen LogP contribution in [0.3, 0.4) is 0 Å². The highest BCUT2D eigenvalue weighted by Crippen LogP contribution is 2.38. The minimum absolute atomic E-state index is 0.0316. The lowest BCUT2D eigenvalue weighted by atomic mass is 10.1. The molecule has 2 rings (SSSR count). The van der Waals surface area contributed by atoms with Crippen LogP contribution in [0.25, 0.3) is 0 Å². The highest BCUT2D eigenvalue weighted by molar-refractivity contribution is 6.34. The maximum Gasteiger partial charge on any atom is 0.418 e. The summed E-state index contributed by atoms with van der Waals surface area (Å²) in [5, 5.41) is 1.99.